The molecule has 0 spiro atoms. The number of aliphatic imine (C=N–C) groups is 1. The maximum atomic E-state index is 12.3. The number of nitrogens with zero attached hydrogens (tertiary/aromatic N) is 1. The van der Waals surface area contributed by atoms with Crippen LogP contribution in [0.5, 0.6) is 0 Å². The molecule has 0 heterocycles. The van der Waals surface area contributed by atoms with Crippen molar-refractivity contribution < 1.29 is 4.79 Å². The van der Waals surface area contributed by atoms with E-state index in [1.807, 2.05) is 45.0 Å². The lowest BCUT2D eigenvalue weighted by molar-refractivity contribution is 0.0919. The zero-order valence-electron chi connectivity index (χ0n) is 17.4. The van der Waals surface area contributed by atoms with Gasteiger partial charge in [0.15, 0.2) is 5.96 Å². The first-order valence-electron chi connectivity index (χ1n) is 9.49. The monoisotopic (exact) mass is 360 g/mol. The standard InChI is InChI=1S/C21H36N4O/c1-15(2)11-12-16(3)24-20(22-7)23-14-17-9-8-10-18(13-17)19(26)25-21(4,5)6/h8-10,13,15-16H,11-12,14H2,1-7H3,(H,25,26)(H2,22,23,24). The second-order valence-corrected chi connectivity index (χ2v) is 8.35. The van der Waals surface area contributed by atoms with Gasteiger partial charge in [0.2, 0.25) is 0 Å². The Bertz CT molecular complexity index is 602. The van der Waals surface area contributed by atoms with Crippen LogP contribution in [0.25, 0.3) is 0 Å². The smallest absolute Gasteiger partial charge is 0.251 e. The molecule has 1 rings (SSSR count). The van der Waals surface area contributed by atoms with Crippen molar-refractivity contribution in [3.63, 3.8) is 0 Å². The van der Waals surface area contributed by atoms with Crippen molar-refractivity contribution in [1.82, 2.24) is 16.0 Å². The molecule has 0 bridgehead atoms. The molecular formula is C21H36N4O. The van der Waals surface area contributed by atoms with Crippen LogP contribution in [0, 0.1) is 5.92 Å². The van der Waals surface area contributed by atoms with E-state index in [4.69, 9.17) is 0 Å². The van der Waals surface area contributed by atoms with E-state index in [1.165, 1.54) is 6.42 Å². The maximum Gasteiger partial charge on any atom is 0.251 e. The molecule has 0 fully saturated rings. The average molecular weight is 361 g/mol. The number of hydrogen-bond donors (Lipinski definition) is 3. The van der Waals surface area contributed by atoms with Gasteiger partial charge in [-0.2, -0.15) is 0 Å². The van der Waals surface area contributed by atoms with Crippen LogP contribution >= 0.6 is 0 Å². The molecule has 1 unspecified atom stereocenters. The molecule has 1 atom stereocenters. The molecule has 0 radical (unpaired) electrons. The van der Waals surface area contributed by atoms with Crippen LogP contribution in [-0.2, 0) is 6.54 Å². The van der Waals surface area contributed by atoms with Crippen molar-refractivity contribution in [1.29, 1.82) is 0 Å². The van der Waals surface area contributed by atoms with Crippen LogP contribution in [0.2, 0.25) is 0 Å². The van der Waals surface area contributed by atoms with E-state index >= 15 is 0 Å². The number of guanidine groups is 1. The van der Waals surface area contributed by atoms with E-state index in [0.717, 1.165) is 17.9 Å². The molecule has 5 heteroatoms. The molecule has 3 N–H and O–H groups in total. The molecule has 0 aromatic heterocycles. The molecule has 5 nitrogen and oxygen atoms in total. The van der Waals surface area contributed by atoms with E-state index in [-0.39, 0.29) is 11.4 Å². The summed E-state index contributed by atoms with van der Waals surface area (Å²) in [6.45, 7) is 13.2. The summed E-state index contributed by atoms with van der Waals surface area (Å²) in [6, 6.07) is 8.05. The summed E-state index contributed by atoms with van der Waals surface area (Å²) in [5.41, 5.74) is 1.47. The highest BCUT2D eigenvalue weighted by Gasteiger charge is 2.15. The van der Waals surface area contributed by atoms with E-state index in [1.54, 1.807) is 7.05 Å². The first kappa shape index (κ1) is 22.0. The third-order valence-corrected chi connectivity index (χ3v) is 3.92. The van der Waals surface area contributed by atoms with Gasteiger partial charge in [0.1, 0.15) is 0 Å². The quantitative estimate of drug-likeness (QED) is 0.513. The second-order valence-electron chi connectivity index (χ2n) is 8.35. The highest BCUT2D eigenvalue weighted by atomic mass is 16.1. The highest BCUT2D eigenvalue weighted by molar-refractivity contribution is 5.94. The van der Waals surface area contributed by atoms with Gasteiger partial charge in [0.25, 0.3) is 5.91 Å². The van der Waals surface area contributed by atoms with Gasteiger partial charge in [0, 0.05) is 30.7 Å². The van der Waals surface area contributed by atoms with Crippen LogP contribution in [0.3, 0.4) is 0 Å². The van der Waals surface area contributed by atoms with Crippen LogP contribution in [-0.4, -0.2) is 30.5 Å². The Balaban J connectivity index is 2.60. The second kappa shape index (κ2) is 10.2. The Morgan fingerprint density at radius 2 is 1.85 bits per heavy atom. The molecule has 1 amide bonds. The lowest BCUT2D eigenvalue weighted by Crippen LogP contribution is -2.42. The molecule has 0 aliphatic rings. The fraction of sp³-hybridized carbons (Fsp3) is 0.619. The van der Waals surface area contributed by atoms with Crippen LogP contribution in [0.1, 0.15) is 70.3 Å². The highest BCUT2D eigenvalue weighted by Crippen LogP contribution is 2.09. The number of carbonyl (C=O) groups is 1. The minimum Gasteiger partial charge on any atom is -0.354 e. The molecule has 1 aromatic rings. The molecule has 0 aliphatic carbocycles. The Morgan fingerprint density at radius 1 is 1.15 bits per heavy atom. The van der Waals surface area contributed by atoms with Gasteiger partial charge < -0.3 is 16.0 Å². The summed E-state index contributed by atoms with van der Waals surface area (Å²) in [5.74, 6) is 1.44. The van der Waals surface area contributed by atoms with Gasteiger partial charge in [-0.1, -0.05) is 26.0 Å². The fourth-order valence-electron chi connectivity index (χ4n) is 2.50. The molecule has 0 aliphatic heterocycles. The van der Waals surface area contributed by atoms with E-state index in [0.29, 0.717) is 24.1 Å². The van der Waals surface area contributed by atoms with E-state index in [2.05, 4.69) is 41.7 Å². The van der Waals surface area contributed by atoms with E-state index in [9.17, 15) is 4.79 Å². The van der Waals surface area contributed by atoms with Gasteiger partial charge in [-0.3, -0.25) is 9.79 Å². The number of carbonyl (C=O) groups excluding carboxylic acids is 1. The summed E-state index contributed by atoms with van der Waals surface area (Å²) in [6.07, 6.45) is 2.30. The average Bonchev–Trinajstić information content (AvgIpc) is 2.55. The number of amides is 1. The van der Waals surface area contributed by atoms with Crippen LogP contribution < -0.4 is 16.0 Å². The Labute approximate surface area is 159 Å². The van der Waals surface area contributed by atoms with Gasteiger partial charge in [-0.25, -0.2) is 0 Å². The summed E-state index contributed by atoms with van der Waals surface area (Å²) < 4.78 is 0. The third kappa shape index (κ3) is 8.88. The minimum atomic E-state index is -0.247. The molecule has 0 saturated heterocycles. The van der Waals surface area contributed by atoms with Gasteiger partial charge in [0.05, 0.1) is 0 Å². The first-order valence-corrected chi connectivity index (χ1v) is 9.49. The molecule has 146 valence electrons. The van der Waals surface area contributed by atoms with Crippen molar-refractivity contribution in [2.24, 2.45) is 10.9 Å². The zero-order chi connectivity index (χ0) is 19.7. The van der Waals surface area contributed by atoms with Crippen LogP contribution in [0.15, 0.2) is 29.3 Å². The van der Waals surface area contributed by atoms with Crippen molar-refractivity contribution in [3.05, 3.63) is 35.4 Å². The molecule has 0 saturated carbocycles. The number of nitrogens with one attached hydrogen (secondary N) is 3. The third-order valence-electron chi connectivity index (χ3n) is 3.92. The Hall–Kier alpha value is -2.04. The topological polar surface area (TPSA) is 65.5 Å². The number of benzene rings is 1. The van der Waals surface area contributed by atoms with Crippen molar-refractivity contribution >= 4 is 11.9 Å². The summed E-state index contributed by atoms with van der Waals surface area (Å²) in [5, 5.41) is 9.74. The predicted octanol–water partition coefficient (Wildman–Crippen LogP) is 3.70. The fourth-order valence-corrected chi connectivity index (χ4v) is 2.50. The summed E-state index contributed by atoms with van der Waals surface area (Å²) in [7, 11) is 1.78. The lowest BCUT2D eigenvalue weighted by Gasteiger charge is -2.21. The van der Waals surface area contributed by atoms with Crippen LogP contribution in [0.4, 0.5) is 0 Å². The SMILES string of the molecule is CN=C(NCc1cccc(C(=O)NC(C)(C)C)c1)NC(C)CCC(C)C. The normalized spacial score (nSPS) is 13.5. The Kier molecular flexibility index (Phi) is 8.62. The molecular weight excluding hydrogens is 324 g/mol. The van der Waals surface area contributed by atoms with Crippen molar-refractivity contribution in [2.45, 2.75) is 72.5 Å². The lowest BCUT2D eigenvalue weighted by atomic mass is 10.0. The molecule has 1 aromatic carbocycles. The number of hydrogen-bond acceptors (Lipinski definition) is 2. The minimum absolute atomic E-state index is 0.0517. The summed E-state index contributed by atoms with van der Waals surface area (Å²) in [4.78, 5) is 16.6. The van der Waals surface area contributed by atoms with Crippen molar-refractivity contribution in [3.8, 4) is 0 Å². The Morgan fingerprint density at radius 3 is 2.42 bits per heavy atom. The first-order chi connectivity index (χ1) is 12.1. The maximum absolute atomic E-state index is 12.3. The van der Waals surface area contributed by atoms with Gasteiger partial charge in [-0.05, 0) is 64.2 Å². The van der Waals surface area contributed by atoms with Crippen molar-refractivity contribution in [2.75, 3.05) is 7.05 Å². The van der Waals surface area contributed by atoms with E-state index < -0.39 is 0 Å². The summed E-state index contributed by atoms with van der Waals surface area (Å²) >= 11 is 0. The zero-order valence-corrected chi connectivity index (χ0v) is 17.4. The number of rotatable bonds is 7. The molecule has 26 heavy (non-hydrogen) atoms. The largest absolute Gasteiger partial charge is 0.354 e. The van der Waals surface area contributed by atoms with Gasteiger partial charge >= 0.3 is 0 Å². The van der Waals surface area contributed by atoms with Gasteiger partial charge in [-0.15, -0.1) is 0 Å². The predicted molar refractivity (Wildman–Crippen MR) is 111 cm³/mol.